The Hall–Kier alpha value is -0.700. The lowest BCUT2D eigenvalue weighted by Crippen LogP contribution is -2.30. The first-order valence-corrected chi connectivity index (χ1v) is 7.43. The van der Waals surface area contributed by atoms with Crippen molar-refractivity contribution in [1.29, 1.82) is 0 Å². The smallest absolute Gasteiger partial charge is 0.305 e. The van der Waals surface area contributed by atoms with Crippen molar-refractivity contribution >= 4 is 21.4 Å². The molecule has 0 aliphatic carbocycles. The number of aryl methyl sites for hydroxylation is 1. The number of thiazole rings is 1. The normalized spacial score (nSPS) is 22.1. The van der Waals surface area contributed by atoms with Gasteiger partial charge in [-0.2, -0.15) is 4.31 Å². The highest BCUT2D eigenvalue weighted by atomic mass is 32.2. The van der Waals surface area contributed by atoms with Crippen LogP contribution < -0.4 is 4.87 Å². The molecule has 1 aliphatic heterocycles. The molecule has 1 atom stereocenters. The monoisotopic (exact) mass is 278 g/mol. The summed E-state index contributed by atoms with van der Waals surface area (Å²) >= 11 is 0.735. The minimum atomic E-state index is -3.55. The second-order valence-corrected chi connectivity index (χ2v) is 7.05. The lowest BCUT2D eigenvalue weighted by Gasteiger charge is -2.15. The van der Waals surface area contributed by atoms with Crippen molar-refractivity contribution in [3.8, 4) is 0 Å². The maximum atomic E-state index is 12.3. The van der Waals surface area contributed by atoms with Gasteiger partial charge in [-0.15, -0.1) is 0 Å². The van der Waals surface area contributed by atoms with E-state index in [1.54, 1.807) is 14.0 Å². The van der Waals surface area contributed by atoms with Crippen LogP contribution in [0.1, 0.15) is 12.1 Å². The number of rotatable bonds is 3. The first-order chi connectivity index (χ1) is 7.95. The summed E-state index contributed by atoms with van der Waals surface area (Å²) in [4.78, 5) is 13.3. The Balaban J connectivity index is 2.32. The molecule has 1 unspecified atom stereocenters. The maximum absolute atomic E-state index is 12.3. The Bertz CT molecular complexity index is 560. The van der Waals surface area contributed by atoms with Crippen LogP contribution >= 0.6 is 11.3 Å². The van der Waals surface area contributed by atoms with Gasteiger partial charge in [0.05, 0.1) is 6.10 Å². The molecule has 1 aliphatic rings. The quantitative estimate of drug-likeness (QED) is 0.854. The summed E-state index contributed by atoms with van der Waals surface area (Å²) in [5, 5.41) is 0. The van der Waals surface area contributed by atoms with Gasteiger partial charge in [-0.3, -0.25) is 4.79 Å². The Morgan fingerprint density at radius 2 is 2.24 bits per heavy atom. The van der Waals surface area contributed by atoms with Gasteiger partial charge in [-0.25, -0.2) is 8.42 Å². The third-order valence-electron chi connectivity index (χ3n) is 2.80. The number of H-pyrrole nitrogens is 1. The summed E-state index contributed by atoms with van der Waals surface area (Å²) in [6.45, 7) is 2.38. The van der Waals surface area contributed by atoms with Gasteiger partial charge in [0, 0.05) is 25.9 Å². The highest BCUT2D eigenvalue weighted by molar-refractivity contribution is 7.91. The second-order valence-electron chi connectivity index (χ2n) is 3.94. The van der Waals surface area contributed by atoms with Crippen LogP contribution in [0.3, 0.4) is 0 Å². The third-order valence-corrected chi connectivity index (χ3v) is 6.24. The summed E-state index contributed by atoms with van der Waals surface area (Å²) in [6.07, 6.45) is 0.634. The second kappa shape index (κ2) is 4.52. The van der Waals surface area contributed by atoms with Crippen molar-refractivity contribution < 1.29 is 13.2 Å². The van der Waals surface area contributed by atoms with Crippen LogP contribution in [0.4, 0.5) is 0 Å². The average Bonchev–Trinajstić information content (AvgIpc) is 2.85. The van der Waals surface area contributed by atoms with Crippen LogP contribution in [-0.2, 0) is 14.8 Å². The molecular formula is C9H14N2O4S2. The Morgan fingerprint density at radius 1 is 1.53 bits per heavy atom. The number of nitrogens with one attached hydrogen (secondary N) is 1. The molecule has 1 aromatic rings. The molecule has 1 saturated heterocycles. The molecule has 0 radical (unpaired) electrons. The van der Waals surface area contributed by atoms with E-state index in [1.807, 2.05) is 0 Å². The van der Waals surface area contributed by atoms with E-state index in [2.05, 4.69) is 4.98 Å². The molecular weight excluding hydrogens is 264 g/mol. The predicted molar refractivity (Wildman–Crippen MR) is 63.8 cm³/mol. The number of hydrogen-bond donors (Lipinski definition) is 1. The summed E-state index contributed by atoms with van der Waals surface area (Å²) in [6, 6.07) is 0. The standard InChI is InChI=1S/C9H14N2O4S2/c1-6-8(16-9(12)10-6)17(13,14)11-4-3-7(5-11)15-2/h7H,3-5H2,1-2H3,(H,10,12). The molecule has 6 nitrogen and oxygen atoms in total. The number of aromatic nitrogens is 1. The number of sulfonamides is 1. The van der Waals surface area contributed by atoms with Gasteiger partial charge in [0.15, 0.2) is 4.21 Å². The van der Waals surface area contributed by atoms with Crippen LogP contribution in [0.2, 0.25) is 0 Å². The van der Waals surface area contributed by atoms with E-state index in [1.165, 1.54) is 4.31 Å². The van der Waals surface area contributed by atoms with Crippen LogP contribution in [0, 0.1) is 6.92 Å². The van der Waals surface area contributed by atoms with E-state index in [4.69, 9.17) is 4.74 Å². The summed E-state index contributed by atoms with van der Waals surface area (Å²) < 4.78 is 31.1. The average molecular weight is 278 g/mol. The van der Waals surface area contributed by atoms with Gasteiger partial charge in [-0.1, -0.05) is 11.3 Å². The molecule has 1 aromatic heterocycles. The molecule has 0 saturated carbocycles. The zero-order chi connectivity index (χ0) is 12.6. The molecule has 0 spiro atoms. The van der Waals surface area contributed by atoms with Crippen molar-refractivity contribution in [2.75, 3.05) is 20.2 Å². The van der Waals surface area contributed by atoms with Crippen LogP contribution in [-0.4, -0.2) is 44.0 Å². The van der Waals surface area contributed by atoms with Gasteiger partial charge in [0.2, 0.25) is 0 Å². The van der Waals surface area contributed by atoms with Crippen molar-refractivity contribution in [1.82, 2.24) is 9.29 Å². The number of methoxy groups -OCH3 is 1. The molecule has 17 heavy (non-hydrogen) atoms. The lowest BCUT2D eigenvalue weighted by molar-refractivity contribution is 0.115. The van der Waals surface area contributed by atoms with Crippen molar-refractivity contribution in [3.05, 3.63) is 15.4 Å². The zero-order valence-corrected chi connectivity index (χ0v) is 11.2. The lowest BCUT2D eigenvalue weighted by atomic mass is 10.3. The van der Waals surface area contributed by atoms with E-state index in [9.17, 15) is 13.2 Å². The molecule has 2 rings (SSSR count). The topological polar surface area (TPSA) is 79.5 Å². The summed E-state index contributed by atoms with van der Waals surface area (Å²) in [5.74, 6) is 0. The van der Waals surface area contributed by atoms with Gasteiger partial charge < -0.3 is 9.72 Å². The first-order valence-electron chi connectivity index (χ1n) is 5.18. The van der Waals surface area contributed by atoms with E-state index in [-0.39, 0.29) is 15.2 Å². The molecule has 0 amide bonds. The number of nitrogens with zero attached hydrogens (tertiary/aromatic N) is 1. The molecule has 0 aromatic carbocycles. The molecule has 2 heterocycles. The molecule has 0 bridgehead atoms. The number of hydrogen-bond acceptors (Lipinski definition) is 5. The van der Waals surface area contributed by atoms with Crippen molar-refractivity contribution in [2.24, 2.45) is 0 Å². The van der Waals surface area contributed by atoms with Crippen LogP contribution in [0.5, 0.6) is 0 Å². The van der Waals surface area contributed by atoms with Gasteiger partial charge in [0.25, 0.3) is 10.0 Å². The third kappa shape index (κ3) is 2.30. The SMILES string of the molecule is COC1CCN(S(=O)(=O)c2sc(=O)[nH]c2C)C1. The van der Waals surface area contributed by atoms with E-state index in [0.717, 1.165) is 11.3 Å². The van der Waals surface area contributed by atoms with Crippen molar-refractivity contribution in [3.63, 3.8) is 0 Å². The van der Waals surface area contributed by atoms with E-state index < -0.39 is 10.0 Å². The summed E-state index contributed by atoms with van der Waals surface area (Å²) in [7, 11) is -1.98. The first kappa shape index (κ1) is 12.7. The summed E-state index contributed by atoms with van der Waals surface area (Å²) in [5.41, 5.74) is 0.404. The fourth-order valence-corrected chi connectivity index (χ4v) is 4.78. The van der Waals surface area contributed by atoms with Gasteiger partial charge in [-0.05, 0) is 13.3 Å². The van der Waals surface area contributed by atoms with E-state index in [0.29, 0.717) is 25.2 Å². The predicted octanol–water partition coefficient (Wildman–Crippen LogP) is 0.154. The zero-order valence-electron chi connectivity index (χ0n) is 9.60. The van der Waals surface area contributed by atoms with Gasteiger partial charge >= 0.3 is 4.87 Å². The highest BCUT2D eigenvalue weighted by Gasteiger charge is 2.34. The number of aromatic amines is 1. The Kier molecular flexibility index (Phi) is 3.39. The fraction of sp³-hybridized carbons (Fsp3) is 0.667. The van der Waals surface area contributed by atoms with Crippen LogP contribution in [0.15, 0.2) is 9.00 Å². The maximum Gasteiger partial charge on any atom is 0.305 e. The molecule has 1 fully saturated rings. The largest absolute Gasteiger partial charge is 0.380 e. The fourth-order valence-electron chi connectivity index (χ4n) is 1.86. The van der Waals surface area contributed by atoms with E-state index >= 15 is 0 Å². The van der Waals surface area contributed by atoms with Crippen LogP contribution in [0.25, 0.3) is 0 Å². The molecule has 8 heteroatoms. The Morgan fingerprint density at radius 3 is 2.71 bits per heavy atom. The van der Waals surface area contributed by atoms with Crippen molar-refractivity contribution in [2.45, 2.75) is 23.7 Å². The minimum absolute atomic E-state index is 0.0549. The molecule has 96 valence electrons. The number of ether oxygens (including phenoxy) is 1. The molecule has 1 N–H and O–H groups in total. The Labute approximate surface area is 103 Å². The minimum Gasteiger partial charge on any atom is -0.380 e. The highest BCUT2D eigenvalue weighted by Crippen LogP contribution is 2.25. The van der Waals surface area contributed by atoms with Gasteiger partial charge in [0.1, 0.15) is 0 Å².